The van der Waals surface area contributed by atoms with E-state index in [-0.39, 0.29) is 5.91 Å². The first-order chi connectivity index (χ1) is 8.68. The second-order valence-electron chi connectivity index (χ2n) is 4.32. The van der Waals surface area contributed by atoms with Gasteiger partial charge in [-0.25, -0.2) is 0 Å². The van der Waals surface area contributed by atoms with Crippen LogP contribution < -0.4 is 5.32 Å². The third-order valence-electron chi connectivity index (χ3n) is 3.07. The van der Waals surface area contributed by atoms with Crippen LogP contribution in [0, 0.1) is 13.8 Å². The molecule has 1 aromatic heterocycles. The Bertz CT molecular complexity index is 531. The molecule has 0 unspecified atom stereocenters. The number of hydrogen-bond donors (Lipinski definition) is 1. The Hall–Kier alpha value is -1.61. The zero-order valence-electron chi connectivity index (χ0n) is 10.7. The highest BCUT2D eigenvalue weighted by atomic mass is 32.1. The van der Waals surface area contributed by atoms with E-state index in [1.807, 2.05) is 37.4 Å². The lowest BCUT2D eigenvalue weighted by atomic mass is 10.1. The summed E-state index contributed by atoms with van der Waals surface area (Å²) < 4.78 is 0. The van der Waals surface area contributed by atoms with Crippen LogP contribution in [0.4, 0.5) is 0 Å². The van der Waals surface area contributed by atoms with Gasteiger partial charge >= 0.3 is 0 Å². The van der Waals surface area contributed by atoms with E-state index in [1.165, 1.54) is 10.4 Å². The highest BCUT2D eigenvalue weighted by Crippen LogP contribution is 2.20. The molecule has 0 aliphatic rings. The molecule has 0 atom stereocenters. The van der Waals surface area contributed by atoms with Crippen LogP contribution in [-0.4, -0.2) is 12.5 Å². The predicted octanol–water partition coefficient (Wildman–Crippen LogP) is 3.34. The number of aryl methyl sites for hydroxylation is 1. The van der Waals surface area contributed by atoms with Crippen LogP contribution in [-0.2, 0) is 6.42 Å². The fourth-order valence-electron chi connectivity index (χ4n) is 1.80. The van der Waals surface area contributed by atoms with Gasteiger partial charge in [-0.05, 0) is 31.4 Å². The lowest BCUT2D eigenvalue weighted by Gasteiger charge is -2.05. The van der Waals surface area contributed by atoms with E-state index in [2.05, 4.69) is 17.4 Å². The number of thiophene rings is 1. The molecule has 0 saturated heterocycles. The maximum atomic E-state index is 12.0. The molecule has 3 heteroatoms. The average Bonchev–Trinajstić information content (AvgIpc) is 2.71. The average molecular weight is 259 g/mol. The van der Waals surface area contributed by atoms with Crippen LogP contribution in [0.2, 0.25) is 0 Å². The fourth-order valence-corrected chi connectivity index (χ4v) is 2.66. The van der Waals surface area contributed by atoms with Crippen LogP contribution in [0.25, 0.3) is 0 Å². The summed E-state index contributed by atoms with van der Waals surface area (Å²) >= 11 is 1.63. The van der Waals surface area contributed by atoms with Gasteiger partial charge in [0.25, 0.3) is 5.91 Å². The van der Waals surface area contributed by atoms with Crippen molar-refractivity contribution in [2.24, 2.45) is 0 Å². The molecule has 2 aromatic rings. The van der Waals surface area contributed by atoms with E-state index in [9.17, 15) is 4.79 Å². The lowest BCUT2D eigenvalue weighted by Crippen LogP contribution is -2.25. The quantitative estimate of drug-likeness (QED) is 0.896. The standard InChI is InChI=1S/C15H17NOS/c1-11-12(2)18-10-14(11)15(17)16-9-8-13-6-4-3-5-7-13/h3-7,10H,8-9H2,1-2H3,(H,16,17). The Morgan fingerprint density at radius 3 is 2.56 bits per heavy atom. The minimum atomic E-state index is 0.0350. The van der Waals surface area contributed by atoms with E-state index in [0.717, 1.165) is 17.5 Å². The van der Waals surface area contributed by atoms with Gasteiger partial charge in [0.05, 0.1) is 5.56 Å². The monoisotopic (exact) mass is 259 g/mol. The number of rotatable bonds is 4. The van der Waals surface area contributed by atoms with Crippen LogP contribution in [0.15, 0.2) is 35.7 Å². The van der Waals surface area contributed by atoms with Crippen molar-refractivity contribution in [1.82, 2.24) is 5.32 Å². The molecule has 0 fully saturated rings. The first kappa shape index (κ1) is 12.8. The fraction of sp³-hybridized carbons (Fsp3) is 0.267. The topological polar surface area (TPSA) is 29.1 Å². The van der Waals surface area contributed by atoms with Crippen LogP contribution >= 0.6 is 11.3 Å². The van der Waals surface area contributed by atoms with Crippen LogP contribution in [0.3, 0.4) is 0 Å². The maximum absolute atomic E-state index is 12.0. The van der Waals surface area contributed by atoms with Crippen molar-refractivity contribution in [2.45, 2.75) is 20.3 Å². The zero-order valence-corrected chi connectivity index (χ0v) is 11.5. The Balaban J connectivity index is 1.88. The van der Waals surface area contributed by atoms with Crippen LogP contribution in [0.1, 0.15) is 26.4 Å². The Morgan fingerprint density at radius 1 is 1.22 bits per heavy atom. The molecule has 1 aromatic carbocycles. The van der Waals surface area contributed by atoms with Gasteiger partial charge in [-0.3, -0.25) is 4.79 Å². The van der Waals surface area contributed by atoms with Crippen molar-refractivity contribution < 1.29 is 4.79 Å². The number of carbonyl (C=O) groups is 1. The molecule has 0 radical (unpaired) electrons. The summed E-state index contributed by atoms with van der Waals surface area (Å²) in [6, 6.07) is 10.2. The summed E-state index contributed by atoms with van der Waals surface area (Å²) in [5.74, 6) is 0.0350. The van der Waals surface area contributed by atoms with Gasteiger partial charge < -0.3 is 5.32 Å². The molecule has 94 valence electrons. The molecule has 0 bridgehead atoms. The minimum Gasteiger partial charge on any atom is -0.352 e. The maximum Gasteiger partial charge on any atom is 0.252 e. The third-order valence-corrected chi connectivity index (χ3v) is 4.09. The van der Waals surface area contributed by atoms with Gasteiger partial charge in [0.15, 0.2) is 0 Å². The third kappa shape index (κ3) is 2.99. The molecule has 0 aliphatic heterocycles. The summed E-state index contributed by atoms with van der Waals surface area (Å²) in [6.45, 7) is 4.72. The summed E-state index contributed by atoms with van der Waals surface area (Å²) in [5.41, 5.74) is 3.15. The summed E-state index contributed by atoms with van der Waals surface area (Å²) in [5, 5.41) is 4.90. The predicted molar refractivity (Wildman–Crippen MR) is 76.3 cm³/mol. The molecule has 1 N–H and O–H groups in total. The molecule has 0 saturated carbocycles. The Morgan fingerprint density at radius 2 is 1.94 bits per heavy atom. The SMILES string of the molecule is Cc1scc(C(=O)NCCc2ccccc2)c1C. The lowest BCUT2D eigenvalue weighted by molar-refractivity contribution is 0.0954. The van der Waals surface area contributed by atoms with Crippen molar-refractivity contribution in [3.05, 3.63) is 57.3 Å². The van der Waals surface area contributed by atoms with Crippen molar-refractivity contribution in [1.29, 1.82) is 0 Å². The number of carbonyl (C=O) groups excluding carboxylic acids is 1. The van der Waals surface area contributed by atoms with Gasteiger partial charge in [0.1, 0.15) is 0 Å². The van der Waals surface area contributed by atoms with Crippen LogP contribution in [0.5, 0.6) is 0 Å². The van der Waals surface area contributed by atoms with Crippen molar-refractivity contribution in [3.8, 4) is 0 Å². The number of amides is 1. The highest BCUT2D eigenvalue weighted by molar-refractivity contribution is 7.10. The van der Waals surface area contributed by atoms with E-state index < -0.39 is 0 Å². The van der Waals surface area contributed by atoms with Crippen molar-refractivity contribution in [3.63, 3.8) is 0 Å². The normalized spacial score (nSPS) is 10.3. The molecule has 2 rings (SSSR count). The molecule has 18 heavy (non-hydrogen) atoms. The number of benzene rings is 1. The molecule has 1 amide bonds. The number of hydrogen-bond acceptors (Lipinski definition) is 2. The van der Waals surface area contributed by atoms with Gasteiger partial charge in [0, 0.05) is 16.8 Å². The van der Waals surface area contributed by atoms with Gasteiger partial charge in [-0.2, -0.15) is 0 Å². The van der Waals surface area contributed by atoms with Gasteiger partial charge in [-0.15, -0.1) is 11.3 Å². The molecule has 0 aliphatic carbocycles. The second kappa shape index (κ2) is 5.83. The van der Waals surface area contributed by atoms with Gasteiger partial charge in [0.2, 0.25) is 0 Å². The smallest absolute Gasteiger partial charge is 0.252 e. The van der Waals surface area contributed by atoms with Crippen molar-refractivity contribution in [2.75, 3.05) is 6.54 Å². The Kier molecular flexibility index (Phi) is 4.15. The van der Waals surface area contributed by atoms with Crippen molar-refractivity contribution >= 4 is 17.2 Å². The molecular weight excluding hydrogens is 242 g/mol. The first-order valence-electron chi connectivity index (χ1n) is 6.05. The van der Waals surface area contributed by atoms with Gasteiger partial charge in [-0.1, -0.05) is 30.3 Å². The first-order valence-corrected chi connectivity index (χ1v) is 6.93. The largest absolute Gasteiger partial charge is 0.352 e. The Labute approximate surface area is 112 Å². The summed E-state index contributed by atoms with van der Waals surface area (Å²) in [4.78, 5) is 13.2. The highest BCUT2D eigenvalue weighted by Gasteiger charge is 2.11. The molecule has 1 heterocycles. The van der Waals surface area contributed by atoms with E-state index in [0.29, 0.717) is 6.54 Å². The van der Waals surface area contributed by atoms with E-state index in [1.54, 1.807) is 11.3 Å². The molecule has 2 nitrogen and oxygen atoms in total. The summed E-state index contributed by atoms with van der Waals surface area (Å²) in [7, 11) is 0. The number of nitrogens with one attached hydrogen (secondary N) is 1. The zero-order chi connectivity index (χ0) is 13.0. The minimum absolute atomic E-state index is 0.0350. The second-order valence-corrected chi connectivity index (χ2v) is 5.41. The van der Waals surface area contributed by atoms with E-state index in [4.69, 9.17) is 0 Å². The summed E-state index contributed by atoms with van der Waals surface area (Å²) in [6.07, 6.45) is 0.870. The molecule has 0 spiro atoms. The van der Waals surface area contributed by atoms with E-state index >= 15 is 0 Å². The molecular formula is C15H17NOS.